The molecule has 1 fully saturated rings. The van der Waals surface area contributed by atoms with Crippen molar-refractivity contribution in [3.05, 3.63) is 12.2 Å². The smallest absolute Gasteiger partial charge is 0.332 e. The normalized spacial score (nSPS) is 20.9. The molecule has 1 heterocycles. The summed E-state index contributed by atoms with van der Waals surface area (Å²) in [4.78, 5) is 22.1. The van der Waals surface area contributed by atoms with Gasteiger partial charge in [0, 0.05) is 12.5 Å². The van der Waals surface area contributed by atoms with E-state index in [4.69, 9.17) is 9.47 Å². The van der Waals surface area contributed by atoms with Gasteiger partial charge in [-0.3, -0.25) is 4.79 Å². The van der Waals surface area contributed by atoms with Crippen molar-refractivity contribution in [2.75, 3.05) is 13.7 Å². The number of hydrogen-bond donors (Lipinski definition) is 0. The maximum atomic E-state index is 11.4. The molecule has 1 aliphatic heterocycles. The molecule has 1 atom stereocenters. The molecule has 0 aromatic carbocycles. The molecule has 0 aromatic rings. The van der Waals surface area contributed by atoms with E-state index in [0.29, 0.717) is 6.61 Å². The molecule has 0 bridgehead atoms. The van der Waals surface area contributed by atoms with Gasteiger partial charge >= 0.3 is 11.9 Å². The zero-order valence-electron chi connectivity index (χ0n) is 10.0. The number of esters is 2. The number of ether oxygens (including phenoxy) is 3. The quantitative estimate of drug-likeness (QED) is 0.553. The van der Waals surface area contributed by atoms with Gasteiger partial charge in [-0.05, 0) is 12.8 Å². The van der Waals surface area contributed by atoms with E-state index in [1.165, 1.54) is 19.3 Å². The van der Waals surface area contributed by atoms with Crippen molar-refractivity contribution >= 4 is 11.9 Å². The van der Waals surface area contributed by atoms with Crippen LogP contribution in [0.2, 0.25) is 0 Å². The van der Waals surface area contributed by atoms with Crippen LogP contribution < -0.4 is 0 Å². The molecule has 0 aromatic heterocycles. The molecular formula is C12H18O5. The topological polar surface area (TPSA) is 61.8 Å². The lowest BCUT2D eigenvalue weighted by Gasteiger charge is -2.14. The van der Waals surface area contributed by atoms with Gasteiger partial charge in [0.15, 0.2) is 0 Å². The summed E-state index contributed by atoms with van der Waals surface area (Å²) in [5, 5.41) is 0. The third kappa shape index (κ3) is 6.06. The van der Waals surface area contributed by atoms with Crippen LogP contribution in [0, 0.1) is 0 Å². The SMILES string of the molecule is COC(=O)C/C=C/C(=O)OC1CCCCCO1. The fraction of sp³-hybridized carbons (Fsp3) is 0.667. The van der Waals surface area contributed by atoms with E-state index in [1.54, 1.807) is 0 Å². The Hall–Kier alpha value is -1.36. The first-order valence-corrected chi connectivity index (χ1v) is 5.78. The molecule has 0 radical (unpaired) electrons. The summed E-state index contributed by atoms with van der Waals surface area (Å²) < 4.78 is 14.9. The first kappa shape index (κ1) is 13.7. The Labute approximate surface area is 101 Å². The van der Waals surface area contributed by atoms with Crippen LogP contribution >= 0.6 is 0 Å². The average Bonchev–Trinajstić information content (AvgIpc) is 2.57. The Morgan fingerprint density at radius 1 is 1.35 bits per heavy atom. The van der Waals surface area contributed by atoms with Gasteiger partial charge < -0.3 is 14.2 Å². The second-order valence-electron chi connectivity index (χ2n) is 3.77. The Morgan fingerprint density at radius 3 is 2.94 bits per heavy atom. The van der Waals surface area contributed by atoms with Gasteiger partial charge in [0.2, 0.25) is 6.29 Å². The third-order valence-corrected chi connectivity index (χ3v) is 2.40. The van der Waals surface area contributed by atoms with Crippen LogP contribution in [-0.4, -0.2) is 31.9 Å². The van der Waals surface area contributed by atoms with Crippen molar-refractivity contribution in [2.45, 2.75) is 38.4 Å². The first-order valence-electron chi connectivity index (χ1n) is 5.78. The Bertz CT molecular complexity index is 277. The van der Waals surface area contributed by atoms with Crippen LogP contribution in [0.4, 0.5) is 0 Å². The van der Waals surface area contributed by atoms with Crippen molar-refractivity contribution < 1.29 is 23.8 Å². The molecule has 0 saturated carbocycles. The number of carbonyl (C=O) groups is 2. The molecule has 1 rings (SSSR count). The van der Waals surface area contributed by atoms with Crippen molar-refractivity contribution in [2.24, 2.45) is 0 Å². The van der Waals surface area contributed by atoms with E-state index in [2.05, 4.69) is 4.74 Å². The number of methoxy groups -OCH3 is 1. The van der Waals surface area contributed by atoms with E-state index in [1.807, 2.05) is 0 Å². The monoisotopic (exact) mass is 242 g/mol. The van der Waals surface area contributed by atoms with Crippen LogP contribution in [0.3, 0.4) is 0 Å². The Morgan fingerprint density at radius 2 is 2.18 bits per heavy atom. The highest BCUT2D eigenvalue weighted by Gasteiger charge is 2.15. The Kier molecular flexibility index (Phi) is 6.32. The molecule has 1 saturated heterocycles. The van der Waals surface area contributed by atoms with Gasteiger partial charge in [-0.15, -0.1) is 0 Å². The summed E-state index contributed by atoms with van der Waals surface area (Å²) in [6.45, 7) is 0.629. The van der Waals surface area contributed by atoms with Crippen molar-refractivity contribution in [1.29, 1.82) is 0 Å². The largest absolute Gasteiger partial charge is 0.469 e. The summed E-state index contributed by atoms with van der Waals surface area (Å²) in [5.74, 6) is -0.874. The molecule has 0 N–H and O–H groups in total. The molecule has 5 nitrogen and oxygen atoms in total. The molecule has 17 heavy (non-hydrogen) atoms. The van der Waals surface area contributed by atoms with Gasteiger partial charge in [-0.1, -0.05) is 12.5 Å². The zero-order valence-corrected chi connectivity index (χ0v) is 10.0. The fourth-order valence-corrected chi connectivity index (χ4v) is 1.48. The summed E-state index contributed by atoms with van der Waals surface area (Å²) >= 11 is 0. The molecule has 0 spiro atoms. The minimum Gasteiger partial charge on any atom is -0.469 e. The number of carbonyl (C=O) groups excluding carboxylic acids is 2. The predicted molar refractivity (Wildman–Crippen MR) is 60.1 cm³/mol. The van der Waals surface area contributed by atoms with Crippen LogP contribution in [0.1, 0.15) is 32.1 Å². The van der Waals surface area contributed by atoms with Crippen molar-refractivity contribution in [3.63, 3.8) is 0 Å². The Balaban J connectivity index is 2.25. The summed E-state index contributed by atoms with van der Waals surface area (Å²) in [6.07, 6.45) is 6.11. The van der Waals surface area contributed by atoms with Gasteiger partial charge in [0.1, 0.15) is 0 Å². The zero-order chi connectivity index (χ0) is 12.5. The van der Waals surface area contributed by atoms with Crippen LogP contribution in [0.25, 0.3) is 0 Å². The second kappa shape index (κ2) is 7.84. The number of hydrogen-bond acceptors (Lipinski definition) is 5. The van der Waals surface area contributed by atoms with Gasteiger partial charge in [0.25, 0.3) is 0 Å². The first-order chi connectivity index (χ1) is 8.22. The van der Waals surface area contributed by atoms with E-state index in [-0.39, 0.29) is 12.4 Å². The number of rotatable bonds is 4. The summed E-state index contributed by atoms with van der Waals surface area (Å²) in [7, 11) is 1.30. The van der Waals surface area contributed by atoms with Crippen LogP contribution in [-0.2, 0) is 23.8 Å². The lowest BCUT2D eigenvalue weighted by molar-refractivity contribution is -0.172. The van der Waals surface area contributed by atoms with Crippen LogP contribution in [0.15, 0.2) is 12.2 Å². The lowest BCUT2D eigenvalue weighted by atomic mass is 10.2. The molecular weight excluding hydrogens is 224 g/mol. The molecule has 1 unspecified atom stereocenters. The van der Waals surface area contributed by atoms with E-state index < -0.39 is 12.3 Å². The standard InChI is InChI=1S/C12H18O5/c1-15-10(13)6-5-7-11(14)17-12-8-3-2-4-9-16-12/h5,7,12H,2-4,6,8-9H2,1H3/b7-5+. The predicted octanol–water partition coefficient (Wildman–Crippen LogP) is 1.57. The highest BCUT2D eigenvalue weighted by atomic mass is 16.7. The van der Waals surface area contributed by atoms with Crippen LogP contribution in [0.5, 0.6) is 0 Å². The molecule has 1 aliphatic rings. The maximum Gasteiger partial charge on any atom is 0.332 e. The molecule has 0 amide bonds. The summed E-state index contributed by atoms with van der Waals surface area (Å²) in [6, 6.07) is 0. The maximum absolute atomic E-state index is 11.4. The minimum absolute atomic E-state index is 0.0666. The van der Waals surface area contributed by atoms with Gasteiger partial charge in [0.05, 0.1) is 20.1 Å². The molecule has 96 valence electrons. The van der Waals surface area contributed by atoms with Crippen molar-refractivity contribution in [3.8, 4) is 0 Å². The highest BCUT2D eigenvalue weighted by Crippen LogP contribution is 2.14. The molecule has 5 heteroatoms. The van der Waals surface area contributed by atoms with E-state index in [0.717, 1.165) is 25.7 Å². The highest BCUT2D eigenvalue weighted by molar-refractivity contribution is 5.83. The van der Waals surface area contributed by atoms with Gasteiger partial charge in [-0.25, -0.2) is 4.79 Å². The van der Waals surface area contributed by atoms with Gasteiger partial charge in [-0.2, -0.15) is 0 Å². The third-order valence-electron chi connectivity index (χ3n) is 2.40. The second-order valence-corrected chi connectivity index (χ2v) is 3.77. The van der Waals surface area contributed by atoms with E-state index >= 15 is 0 Å². The van der Waals surface area contributed by atoms with Crippen molar-refractivity contribution in [1.82, 2.24) is 0 Å². The minimum atomic E-state index is -0.485. The average molecular weight is 242 g/mol. The summed E-state index contributed by atoms with van der Waals surface area (Å²) in [5.41, 5.74) is 0. The fourth-order valence-electron chi connectivity index (χ4n) is 1.48. The van der Waals surface area contributed by atoms with E-state index in [9.17, 15) is 9.59 Å². The lowest BCUT2D eigenvalue weighted by Crippen LogP contribution is -2.19. The molecule has 0 aliphatic carbocycles.